The second kappa shape index (κ2) is 3.74. The summed E-state index contributed by atoms with van der Waals surface area (Å²) in [6.07, 6.45) is 3.09. The Morgan fingerprint density at radius 3 is 3.33 bits per heavy atom. The largest absolute Gasteiger partial charge is 0.380 e. The third-order valence-corrected chi connectivity index (χ3v) is 2.17. The minimum Gasteiger partial charge on any atom is -0.380 e. The van der Waals surface area contributed by atoms with Crippen molar-refractivity contribution < 1.29 is 4.74 Å². The molecule has 66 valence electrons. The first-order chi connectivity index (χ1) is 5.95. The Morgan fingerprint density at radius 2 is 2.67 bits per heavy atom. The molecule has 1 atom stereocenters. The fourth-order valence-electron chi connectivity index (χ4n) is 1.43. The molecule has 2 N–H and O–H groups in total. The van der Waals surface area contributed by atoms with Crippen molar-refractivity contribution in [3.63, 3.8) is 0 Å². The number of hydrogen-bond donors (Lipinski definition) is 2. The lowest BCUT2D eigenvalue weighted by atomic mass is 10.2. The lowest BCUT2D eigenvalue weighted by Crippen LogP contribution is -2.28. The lowest BCUT2D eigenvalue weighted by Gasteiger charge is -2.08. The molecular weight excluding hydrogens is 152 g/mol. The quantitative estimate of drug-likeness (QED) is 0.699. The number of rotatable bonds is 3. The molecule has 1 saturated heterocycles. The van der Waals surface area contributed by atoms with Crippen LogP contribution >= 0.6 is 0 Å². The van der Waals surface area contributed by atoms with Gasteiger partial charge in [0.1, 0.15) is 0 Å². The van der Waals surface area contributed by atoms with Gasteiger partial charge in [0.05, 0.1) is 6.61 Å². The molecule has 1 unspecified atom stereocenters. The van der Waals surface area contributed by atoms with E-state index in [0.29, 0.717) is 6.04 Å². The van der Waals surface area contributed by atoms with Crippen LogP contribution in [0.5, 0.6) is 0 Å². The van der Waals surface area contributed by atoms with Gasteiger partial charge in [-0.15, -0.1) is 0 Å². The molecule has 3 heteroatoms. The van der Waals surface area contributed by atoms with Gasteiger partial charge in [-0.05, 0) is 18.6 Å². The van der Waals surface area contributed by atoms with Crippen molar-refractivity contribution in [3.05, 3.63) is 24.0 Å². The summed E-state index contributed by atoms with van der Waals surface area (Å²) in [7, 11) is 0. The van der Waals surface area contributed by atoms with Crippen LogP contribution in [0.15, 0.2) is 18.3 Å². The van der Waals surface area contributed by atoms with E-state index in [4.69, 9.17) is 4.74 Å². The number of ether oxygens (including phenoxy) is 1. The highest BCUT2D eigenvalue weighted by Crippen LogP contribution is 2.04. The minimum atomic E-state index is 0.549. The van der Waals surface area contributed by atoms with Crippen molar-refractivity contribution in [3.8, 4) is 0 Å². The maximum absolute atomic E-state index is 5.25. The van der Waals surface area contributed by atoms with Crippen LogP contribution < -0.4 is 5.32 Å². The fraction of sp³-hybridized carbons (Fsp3) is 0.556. The summed E-state index contributed by atoms with van der Waals surface area (Å²) in [4.78, 5) is 3.16. The summed E-state index contributed by atoms with van der Waals surface area (Å²) in [5.74, 6) is 0. The summed E-state index contributed by atoms with van der Waals surface area (Å²) in [5.41, 5.74) is 1.24. The van der Waals surface area contributed by atoms with Crippen molar-refractivity contribution in [2.75, 3.05) is 13.2 Å². The van der Waals surface area contributed by atoms with Crippen molar-refractivity contribution in [2.24, 2.45) is 0 Å². The molecule has 0 aliphatic carbocycles. The molecule has 2 rings (SSSR count). The highest BCUT2D eigenvalue weighted by Gasteiger charge is 2.14. The van der Waals surface area contributed by atoms with Gasteiger partial charge in [-0.1, -0.05) is 0 Å². The summed E-state index contributed by atoms with van der Waals surface area (Å²) in [6.45, 7) is 2.68. The molecule has 0 aromatic carbocycles. The average molecular weight is 166 g/mol. The van der Waals surface area contributed by atoms with E-state index in [1.165, 1.54) is 5.69 Å². The predicted octanol–water partition coefficient (Wildman–Crippen LogP) is 0.893. The Balaban J connectivity index is 1.74. The van der Waals surface area contributed by atoms with Crippen LogP contribution in [0.1, 0.15) is 12.1 Å². The van der Waals surface area contributed by atoms with Crippen LogP contribution in [-0.4, -0.2) is 24.2 Å². The molecule has 3 nitrogen and oxygen atoms in total. The second-order valence-corrected chi connectivity index (χ2v) is 3.14. The molecule has 2 heterocycles. The van der Waals surface area contributed by atoms with E-state index in [1.807, 2.05) is 12.3 Å². The summed E-state index contributed by atoms with van der Waals surface area (Å²) in [5, 5.41) is 3.43. The van der Waals surface area contributed by atoms with Gasteiger partial charge in [0, 0.05) is 31.1 Å². The minimum absolute atomic E-state index is 0.549. The van der Waals surface area contributed by atoms with Crippen molar-refractivity contribution >= 4 is 0 Å². The van der Waals surface area contributed by atoms with Crippen molar-refractivity contribution in [2.45, 2.75) is 19.0 Å². The topological polar surface area (TPSA) is 37.0 Å². The van der Waals surface area contributed by atoms with Gasteiger partial charge in [-0.25, -0.2) is 0 Å². The van der Waals surface area contributed by atoms with Gasteiger partial charge in [0.25, 0.3) is 0 Å². The van der Waals surface area contributed by atoms with Crippen LogP contribution in [0.25, 0.3) is 0 Å². The molecule has 1 aromatic rings. The Bertz CT molecular complexity index is 214. The van der Waals surface area contributed by atoms with Gasteiger partial charge < -0.3 is 15.0 Å². The molecule has 1 aromatic heterocycles. The van der Waals surface area contributed by atoms with Crippen LogP contribution in [0.3, 0.4) is 0 Å². The van der Waals surface area contributed by atoms with Crippen molar-refractivity contribution in [1.29, 1.82) is 0 Å². The Labute approximate surface area is 72.1 Å². The number of aromatic nitrogens is 1. The van der Waals surface area contributed by atoms with Crippen LogP contribution in [0.4, 0.5) is 0 Å². The summed E-state index contributed by atoms with van der Waals surface area (Å²) in [6, 6.07) is 4.65. The van der Waals surface area contributed by atoms with E-state index >= 15 is 0 Å². The van der Waals surface area contributed by atoms with Crippen LogP contribution in [-0.2, 0) is 11.3 Å². The van der Waals surface area contributed by atoms with E-state index in [2.05, 4.69) is 16.4 Å². The average Bonchev–Trinajstić information content (AvgIpc) is 2.74. The first kappa shape index (κ1) is 7.83. The molecule has 0 spiro atoms. The third kappa shape index (κ3) is 1.87. The number of hydrogen-bond acceptors (Lipinski definition) is 2. The normalized spacial score (nSPS) is 23.2. The van der Waals surface area contributed by atoms with Gasteiger partial charge in [0.15, 0.2) is 0 Å². The molecule has 0 bridgehead atoms. The molecule has 1 fully saturated rings. The SMILES string of the molecule is c1c[nH]c(CNC2CCOC2)c1. The highest BCUT2D eigenvalue weighted by atomic mass is 16.5. The second-order valence-electron chi connectivity index (χ2n) is 3.14. The number of nitrogens with one attached hydrogen (secondary N) is 2. The zero-order valence-electron chi connectivity index (χ0n) is 7.05. The fourth-order valence-corrected chi connectivity index (χ4v) is 1.43. The molecule has 0 saturated carbocycles. The van der Waals surface area contributed by atoms with Gasteiger partial charge in [-0.3, -0.25) is 0 Å². The monoisotopic (exact) mass is 166 g/mol. The number of H-pyrrole nitrogens is 1. The van der Waals surface area contributed by atoms with E-state index in [1.54, 1.807) is 0 Å². The maximum Gasteiger partial charge on any atom is 0.0620 e. The van der Waals surface area contributed by atoms with Crippen LogP contribution in [0.2, 0.25) is 0 Å². The molecule has 1 aliphatic rings. The van der Waals surface area contributed by atoms with Crippen LogP contribution in [0, 0.1) is 0 Å². The van der Waals surface area contributed by atoms with E-state index in [-0.39, 0.29) is 0 Å². The van der Waals surface area contributed by atoms with Gasteiger partial charge >= 0.3 is 0 Å². The van der Waals surface area contributed by atoms with Gasteiger partial charge in [0.2, 0.25) is 0 Å². The molecule has 1 aliphatic heterocycles. The Kier molecular flexibility index (Phi) is 2.44. The smallest absolute Gasteiger partial charge is 0.0620 e. The van der Waals surface area contributed by atoms with E-state index in [9.17, 15) is 0 Å². The summed E-state index contributed by atoms with van der Waals surface area (Å²) < 4.78 is 5.25. The first-order valence-electron chi connectivity index (χ1n) is 4.38. The van der Waals surface area contributed by atoms with Gasteiger partial charge in [-0.2, -0.15) is 0 Å². The predicted molar refractivity (Wildman–Crippen MR) is 46.9 cm³/mol. The highest BCUT2D eigenvalue weighted by molar-refractivity contribution is 5.03. The van der Waals surface area contributed by atoms with Crippen molar-refractivity contribution in [1.82, 2.24) is 10.3 Å². The van der Waals surface area contributed by atoms with E-state index in [0.717, 1.165) is 26.2 Å². The third-order valence-electron chi connectivity index (χ3n) is 2.17. The summed E-state index contributed by atoms with van der Waals surface area (Å²) >= 11 is 0. The first-order valence-corrected chi connectivity index (χ1v) is 4.38. The zero-order valence-corrected chi connectivity index (χ0v) is 7.05. The number of aromatic amines is 1. The molecular formula is C9H14N2O. The molecule has 0 amide bonds. The van der Waals surface area contributed by atoms with E-state index < -0.39 is 0 Å². The lowest BCUT2D eigenvalue weighted by molar-refractivity contribution is 0.189. The molecule has 12 heavy (non-hydrogen) atoms. The molecule has 0 radical (unpaired) electrons. The maximum atomic E-state index is 5.25. The Hall–Kier alpha value is -0.800. The standard InChI is InChI=1S/C9H14N2O/c1-2-8(10-4-1)6-11-9-3-5-12-7-9/h1-2,4,9-11H,3,5-7H2. The zero-order chi connectivity index (χ0) is 8.23. The Morgan fingerprint density at radius 1 is 1.67 bits per heavy atom.